The SMILES string of the molecule is C=C1C(=CC=C2CCC[C@]3(C)[C@@H](C(C)CN4CCOCC4C(C)C)CC[C@@H]23)C[C@@H](O)C[C@@H]1O. The van der Waals surface area contributed by atoms with E-state index >= 15 is 0 Å². The van der Waals surface area contributed by atoms with Crippen molar-refractivity contribution < 1.29 is 14.9 Å². The van der Waals surface area contributed by atoms with Gasteiger partial charge in [-0.1, -0.05) is 52.0 Å². The number of allylic oxidation sites excluding steroid dienone is 3. The number of hydrogen-bond acceptors (Lipinski definition) is 4. The Bertz CT molecular complexity index is 771. The summed E-state index contributed by atoms with van der Waals surface area (Å²) in [6.45, 7) is 17.8. The number of ether oxygens (including phenoxy) is 1. The van der Waals surface area contributed by atoms with Crippen molar-refractivity contribution in [3.8, 4) is 0 Å². The first-order chi connectivity index (χ1) is 15.7. The lowest BCUT2D eigenvalue weighted by Crippen LogP contribution is -2.51. The third-order valence-corrected chi connectivity index (χ3v) is 9.56. The number of aliphatic hydroxyl groups is 2. The summed E-state index contributed by atoms with van der Waals surface area (Å²) in [6.07, 6.45) is 10.8. The molecule has 3 aliphatic carbocycles. The molecule has 1 saturated heterocycles. The second kappa shape index (κ2) is 10.4. The molecule has 1 heterocycles. The van der Waals surface area contributed by atoms with Crippen LogP contribution in [0.1, 0.15) is 72.6 Å². The molecule has 4 aliphatic rings. The molecule has 2 N–H and O–H groups in total. The van der Waals surface area contributed by atoms with Gasteiger partial charge in [-0.05, 0) is 78.8 Å². The molecule has 0 spiro atoms. The fourth-order valence-electron chi connectivity index (χ4n) is 7.67. The molecule has 186 valence electrons. The number of rotatable bonds is 5. The summed E-state index contributed by atoms with van der Waals surface area (Å²) in [5.74, 6) is 2.75. The molecule has 3 saturated carbocycles. The maximum absolute atomic E-state index is 10.2. The summed E-state index contributed by atoms with van der Waals surface area (Å²) in [7, 11) is 0. The summed E-state index contributed by atoms with van der Waals surface area (Å²) in [5, 5.41) is 20.3. The molecule has 0 aromatic carbocycles. The maximum Gasteiger partial charge on any atom is 0.0811 e. The Hall–Kier alpha value is -0.940. The van der Waals surface area contributed by atoms with Crippen molar-refractivity contribution in [3.05, 3.63) is 35.5 Å². The zero-order chi connectivity index (χ0) is 23.8. The van der Waals surface area contributed by atoms with Crippen LogP contribution in [0.25, 0.3) is 0 Å². The number of nitrogens with zero attached hydrogens (tertiary/aromatic N) is 1. The second-order valence-electron chi connectivity index (χ2n) is 12.0. The van der Waals surface area contributed by atoms with Gasteiger partial charge in [0.05, 0.1) is 25.4 Å². The number of aliphatic hydroxyl groups excluding tert-OH is 2. The second-order valence-corrected chi connectivity index (χ2v) is 12.0. The van der Waals surface area contributed by atoms with Crippen LogP contribution < -0.4 is 0 Å². The van der Waals surface area contributed by atoms with Crippen molar-refractivity contribution in [2.45, 2.75) is 90.9 Å². The van der Waals surface area contributed by atoms with Crippen molar-refractivity contribution in [1.82, 2.24) is 4.90 Å². The Morgan fingerprint density at radius 3 is 2.76 bits per heavy atom. The Morgan fingerprint density at radius 2 is 2.00 bits per heavy atom. The van der Waals surface area contributed by atoms with Gasteiger partial charge < -0.3 is 14.9 Å². The highest BCUT2D eigenvalue weighted by molar-refractivity contribution is 5.38. The van der Waals surface area contributed by atoms with Gasteiger partial charge in [-0.25, -0.2) is 0 Å². The van der Waals surface area contributed by atoms with E-state index in [-0.39, 0.29) is 0 Å². The Balaban J connectivity index is 1.47. The van der Waals surface area contributed by atoms with Gasteiger partial charge in [0.15, 0.2) is 0 Å². The highest BCUT2D eigenvalue weighted by atomic mass is 16.5. The molecule has 0 aromatic rings. The van der Waals surface area contributed by atoms with Crippen LogP contribution in [0.4, 0.5) is 0 Å². The van der Waals surface area contributed by atoms with Crippen LogP contribution in [0.3, 0.4) is 0 Å². The van der Waals surface area contributed by atoms with Crippen LogP contribution >= 0.6 is 0 Å². The molecule has 0 bridgehead atoms. The molecule has 1 aliphatic heterocycles. The molecule has 33 heavy (non-hydrogen) atoms. The molecule has 0 aromatic heterocycles. The first-order valence-corrected chi connectivity index (χ1v) is 13.5. The molecular weight excluding hydrogens is 410 g/mol. The summed E-state index contributed by atoms with van der Waals surface area (Å²) in [6, 6.07) is 0.550. The molecule has 4 rings (SSSR count). The topological polar surface area (TPSA) is 52.9 Å². The quantitative estimate of drug-likeness (QED) is 0.602. The van der Waals surface area contributed by atoms with Crippen LogP contribution in [0.2, 0.25) is 0 Å². The normalized spacial score (nSPS) is 41.7. The monoisotopic (exact) mass is 457 g/mol. The molecular formula is C29H47NO3. The number of morpholine rings is 1. The van der Waals surface area contributed by atoms with Crippen LogP contribution in [0.15, 0.2) is 35.5 Å². The number of hydrogen-bond donors (Lipinski definition) is 2. The van der Waals surface area contributed by atoms with Crippen molar-refractivity contribution in [1.29, 1.82) is 0 Å². The first-order valence-electron chi connectivity index (χ1n) is 13.5. The minimum atomic E-state index is -0.610. The highest BCUT2D eigenvalue weighted by Crippen LogP contribution is 2.59. The maximum atomic E-state index is 10.2. The summed E-state index contributed by atoms with van der Waals surface area (Å²) in [4.78, 5) is 2.71. The van der Waals surface area contributed by atoms with Crippen LogP contribution in [-0.2, 0) is 4.74 Å². The molecule has 0 amide bonds. The lowest BCUT2D eigenvalue weighted by Gasteiger charge is -2.46. The third kappa shape index (κ3) is 5.19. The Morgan fingerprint density at radius 1 is 1.21 bits per heavy atom. The Labute approximate surface area is 201 Å². The van der Waals surface area contributed by atoms with Crippen LogP contribution in [0, 0.1) is 29.1 Å². The van der Waals surface area contributed by atoms with Crippen molar-refractivity contribution in [2.75, 3.05) is 26.3 Å². The van der Waals surface area contributed by atoms with Crippen molar-refractivity contribution in [2.24, 2.45) is 29.1 Å². The predicted octanol–water partition coefficient (Wildman–Crippen LogP) is 5.12. The van der Waals surface area contributed by atoms with E-state index in [2.05, 4.69) is 51.3 Å². The molecule has 2 unspecified atom stereocenters. The van der Waals surface area contributed by atoms with E-state index in [9.17, 15) is 10.2 Å². The van der Waals surface area contributed by atoms with E-state index < -0.39 is 12.2 Å². The highest BCUT2D eigenvalue weighted by Gasteiger charge is 2.51. The third-order valence-electron chi connectivity index (χ3n) is 9.56. The molecule has 4 heteroatoms. The average molecular weight is 458 g/mol. The summed E-state index contributed by atoms with van der Waals surface area (Å²) >= 11 is 0. The summed E-state index contributed by atoms with van der Waals surface area (Å²) in [5.41, 5.74) is 3.78. The largest absolute Gasteiger partial charge is 0.393 e. The van der Waals surface area contributed by atoms with Gasteiger partial charge in [-0.2, -0.15) is 0 Å². The van der Waals surface area contributed by atoms with E-state index in [0.717, 1.165) is 36.8 Å². The van der Waals surface area contributed by atoms with Gasteiger partial charge in [0.1, 0.15) is 0 Å². The van der Waals surface area contributed by atoms with Gasteiger partial charge in [-0.15, -0.1) is 0 Å². The lowest BCUT2D eigenvalue weighted by molar-refractivity contribution is -0.0389. The molecule has 7 atom stereocenters. The molecule has 4 nitrogen and oxygen atoms in total. The minimum Gasteiger partial charge on any atom is -0.393 e. The van der Waals surface area contributed by atoms with Gasteiger partial charge in [0.2, 0.25) is 0 Å². The zero-order valence-corrected chi connectivity index (χ0v) is 21.4. The van der Waals surface area contributed by atoms with E-state index in [1.165, 1.54) is 38.6 Å². The summed E-state index contributed by atoms with van der Waals surface area (Å²) < 4.78 is 5.81. The van der Waals surface area contributed by atoms with E-state index in [4.69, 9.17) is 4.74 Å². The fourth-order valence-corrected chi connectivity index (χ4v) is 7.67. The fraction of sp³-hybridized carbons (Fsp3) is 0.793. The molecule has 0 radical (unpaired) electrons. The van der Waals surface area contributed by atoms with Gasteiger partial charge in [0, 0.05) is 25.6 Å². The van der Waals surface area contributed by atoms with Crippen LogP contribution in [0.5, 0.6) is 0 Å². The smallest absolute Gasteiger partial charge is 0.0811 e. The lowest BCUT2D eigenvalue weighted by atomic mass is 9.61. The number of fused-ring (bicyclic) bond motifs is 1. The van der Waals surface area contributed by atoms with E-state index in [0.29, 0.717) is 42.1 Å². The Kier molecular flexibility index (Phi) is 7.90. The zero-order valence-electron chi connectivity index (χ0n) is 21.4. The minimum absolute atomic E-state index is 0.379. The standard InChI is InChI=1S/C29H47NO3/c1-19(2)27-18-33-14-13-30(27)17-20(3)25-10-11-26-22(7-6-12-29(25,26)5)8-9-23-15-24(31)16-28(32)21(23)4/h8-9,19-20,24-28,31-32H,4,6-7,10-18H2,1-3,5H3/t20?,24-,25-,26+,27?,28+,29-/m1/s1. The van der Waals surface area contributed by atoms with Crippen molar-refractivity contribution >= 4 is 0 Å². The average Bonchev–Trinajstić information content (AvgIpc) is 3.13. The first kappa shape index (κ1) is 25.2. The molecule has 4 fully saturated rings. The van der Waals surface area contributed by atoms with Crippen molar-refractivity contribution in [3.63, 3.8) is 0 Å². The van der Waals surface area contributed by atoms with E-state index in [1.807, 2.05) is 0 Å². The van der Waals surface area contributed by atoms with Gasteiger partial charge in [0.25, 0.3) is 0 Å². The van der Waals surface area contributed by atoms with E-state index in [1.54, 1.807) is 5.57 Å². The van der Waals surface area contributed by atoms with Gasteiger partial charge in [-0.3, -0.25) is 4.90 Å². The van der Waals surface area contributed by atoms with Gasteiger partial charge >= 0.3 is 0 Å². The van der Waals surface area contributed by atoms with Crippen LogP contribution in [-0.4, -0.2) is 59.7 Å². The predicted molar refractivity (Wildman–Crippen MR) is 135 cm³/mol.